The summed E-state index contributed by atoms with van der Waals surface area (Å²) in [6.45, 7) is 11.3. The van der Waals surface area contributed by atoms with Crippen LogP contribution in [0.3, 0.4) is 0 Å². The Balaban J connectivity index is 1.93. The Labute approximate surface area is 176 Å². The third kappa shape index (κ3) is 2.06. The number of hydrogen-bond donors (Lipinski definition) is 0. The fourth-order valence-corrected chi connectivity index (χ4v) is 5.43. The first-order chi connectivity index (χ1) is 14.4. The Kier molecular flexibility index (Phi) is 3.38. The van der Waals surface area contributed by atoms with E-state index in [0.29, 0.717) is 5.92 Å². The Morgan fingerprint density at radius 3 is 2.50 bits per heavy atom. The second kappa shape index (κ2) is 5.72. The molecule has 6 rings (SSSR count). The van der Waals surface area contributed by atoms with Crippen LogP contribution in [-0.4, -0.2) is 4.98 Å². The van der Waals surface area contributed by atoms with E-state index in [0.717, 1.165) is 16.9 Å². The molecule has 0 N–H and O–H groups in total. The van der Waals surface area contributed by atoms with Crippen molar-refractivity contribution in [3.63, 3.8) is 0 Å². The predicted octanol–water partition coefficient (Wildman–Crippen LogP) is 7.87. The zero-order valence-corrected chi connectivity index (χ0v) is 18.1. The Bertz CT molecular complexity index is 1500. The fourth-order valence-electron chi connectivity index (χ4n) is 5.43. The first kappa shape index (κ1) is 17.7. The van der Waals surface area contributed by atoms with Gasteiger partial charge in [0.25, 0.3) is 0 Å². The zero-order chi connectivity index (χ0) is 20.8. The van der Waals surface area contributed by atoms with Gasteiger partial charge < -0.3 is 4.42 Å². The van der Waals surface area contributed by atoms with E-state index >= 15 is 0 Å². The van der Waals surface area contributed by atoms with Gasteiger partial charge >= 0.3 is 0 Å². The van der Waals surface area contributed by atoms with Gasteiger partial charge in [-0.15, -0.1) is 0 Å². The number of aryl methyl sites for hydroxylation is 1. The van der Waals surface area contributed by atoms with Gasteiger partial charge in [0.15, 0.2) is 0 Å². The van der Waals surface area contributed by atoms with Crippen LogP contribution in [0.2, 0.25) is 0 Å². The van der Waals surface area contributed by atoms with Crippen molar-refractivity contribution >= 4 is 32.7 Å². The summed E-state index contributed by atoms with van der Waals surface area (Å²) in [6, 6.07) is 17.6. The van der Waals surface area contributed by atoms with Gasteiger partial charge in [-0.3, -0.25) is 4.98 Å². The van der Waals surface area contributed by atoms with Crippen molar-refractivity contribution in [3.05, 3.63) is 77.0 Å². The van der Waals surface area contributed by atoms with Crippen molar-refractivity contribution in [1.82, 2.24) is 4.98 Å². The molecule has 2 aromatic heterocycles. The molecule has 5 aromatic rings. The number of benzene rings is 3. The van der Waals surface area contributed by atoms with Gasteiger partial charge in [-0.05, 0) is 40.5 Å². The largest absolute Gasteiger partial charge is 0.455 e. The van der Waals surface area contributed by atoms with Crippen LogP contribution < -0.4 is 0 Å². The maximum Gasteiger partial charge on any atom is 0.139 e. The van der Waals surface area contributed by atoms with Crippen molar-refractivity contribution in [3.8, 4) is 11.3 Å². The highest BCUT2D eigenvalue weighted by Crippen LogP contribution is 2.52. The smallest absolute Gasteiger partial charge is 0.139 e. The molecule has 1 aliphatic carbocycles. The van der Waals surface area contributed by atoms with Crippen molar-refractivity contribution in [1.29, 1.82) is 0 Å². The van der Waals surface area contributed by atoms with E-state index < -0.39 is 0 Å². The summed E-state index contributed by atoms with van der Waals surface area (Å²) in [5, 5.41) is 4.96. The molecule has 0 spiro atoms. The summed E-state index contributed by atoms with van der Waals surface area (Å²) in [5.74, 6) is 0.399. The topological polar surface area (TPSA) is 26.0 Å². The number of nitrogens with zero attached hydrogens (tertiary/aromatic N) is 1. The minimum absolute atomic E-state index is 0.208. The van der Waals surface area contributed by atoms with Crippen LogP contribution in [0.25, 0.3) is 44.0 Å². The molecule has 0 saturated carbocycles. The molecule has 2 heterocycles. The lowest BCUT2D eigenvalue weighted by atomic mass is 9.74. The normalized spacial score (nSPS) is 14.7. The molecule has 148 valence electrons. The lowest BCUT2D eigenvalue weighted by Gasteiger charge is -2.29. The van der Waals surface area contributed by atoms with E-state index in [-0.39, 0.29) is 5.41 Å². The number of aromatic nitrogens is 1. The van der Waals surface area contributed by atoms with Crippen molar-refractivity contribution in [2.24, 2.45) is 0 Å². The minimum atomic E-state index is -0.208. The second-order valence-electron chi connectivity index (χ2n) is 9.49. The lowest BCUT2D eigenvalue weighted by Crippen LogP contribution is -2.21. The molecule has 2 nitrogen and oxygen atoms in total. The van der Waals surface area contributed by atoms with E-state index in [4.69, 9.17) is 9.40 Å². The van der Waals surface area contributed by atoms with E-state index in [1.54, 1.807) is 0 Å². The maximum absolute atomic E-state index is 6.60. The van der Waals surface area contributed by atoms with Crippen LogP contribution in [0.1, 0.15) is 55.9 Å². The molecule has 0 amide bonds. The summed E-state index contributed by atoms with van der Waals surface area (Å²) < 4.78 is 6.60. The SMILES string of the molecule is Cc1ccc2c3c1oc1c(C(C)C)ccc(c13)C(C)(C)c1c-2ncc2ccccc12. The van der Waals surface area contributed by atoms with E-state index in [1.807, 2.05) is 6.20 Å². The third-order valence-electron chi connectivity index (χ3n) is 6.97. The first-order valence-electron chi connectivity index (χ1n) is 10.8. The highest BCUT2D eigenvalue weighted by Gasteiger charge is 2.36. The van der Waals surface area contributed by atoms with E-state index in [1.165, 1.54) is 49.4 Å². The summed E-state index contributed by atoms with van der Waals surface area (Å²) >= 11 is 0. The Hall–Kier alpha value is -3.13. The number of fused-ring (bicyclic) bond motifs is 4. The van der Waals surface area contributed by atoms with Crippen LogP contribution in [0.5, 0.6) is 0 Å². The van der Waals surface area contributed by atoms with E-state index in [2.05, 4.69) is 83.1 Å². The van der Waals surface area contributed by atoms with Gasteiger partial charge in [-0.25, -0.2) is 0 Å². The molecule has 30 heavy (non-hydrogen) atoms. The molecule has 0 saturated heterocycles. The molecular weight excluding hydrogens is 366 g/mol. The van der Waals surface area contributed by atoms with Crippen LogP contribution in [0, 0.1) is 6.92 Å². The Morgan fingerprint density at radius 1 is 0.900 bits per heavy atom. The molecule has 0 unspecified atom stereocenters. The first-order valence-corrected chi connectivity index (χ1v) is 10.8. The minimum Gasteiger partial charge on any atom is -0.455 e. The number of pyridine rings is 1. The Morgan fingerprint density at radius 2 is 1.70 bits per heavy atom. The van der Waals surface area contributed by atoms with Gasteiger partial charge in [-0.2, -0.15) is 0 Å². The van der Waals surface area contributed by atoms with Crippen LogP contribution in [-0.2, 0) is 5.41 Å². The summed E-state index contributed by atoms with van der Waals surface area (Å²) in [5.41, 5.74) is 9.17. The molecule has 3 aromatic carbocycles. The van der Waals surface area contributed by atoms with Crippen LogP contribution in [0.15, 0.2) is 59.1 Å². The second-order valence-corrected chi connectivity index (χ2v) is 9.49. The van der Waals surface area contributed by atoms with Gasteiger partial charge in [-0.1, -0.05) is 76.2 Å². The molecule has 0 fully saturated rings. The van der Waals surface area contributed by atoms with Gasteiger partial charge in [0.2, 0.25) is 0 Å². The molecular formula is C28H25NO. The summed E-state index contributed by atoms with van der Waals surface area (Å²) in [7, 11) is 0. The molecule has 0 bridgehead atoms. The van der Waals surface area contributed by atoms with Crippen molar-refractivity contribution in [2.45, 2.75) is 46.0 Å². The fraction of sp³-hybridized carbons (Fsp3) is 0.250. The average molecular weight is 392 g/mol. The zero-order valence-electron chi connectivity index (χ0n) is 18.1. The standard InChI is InChI=1S/C28H25NO/c1-15(2)18-12-13-21-23-22-20(11-10-16(3)26(22)30-27(18)23)25-24(28(21,4)5)19-9-7-6-8-17(19)14-29-25/h6-15H,1-5H3. The maximum atomic E-state index is 6.60. The van der Waals surface area contributed by atoms with Gasteiger partial charge in [0.1, 0.15) is 11.2 Å². The lowest BCUT2D eigenvalue weighted by molar-refractivity contribution is 0.639. The summed E-state index contributed by atoms with van der Waals surface area (Å²) in [4.78, 5) is 5.02. The van der Waals surface area contributed by atoms with Gasteiger partial charge in [0.05, 0.1) is 5.69 Å². The molecule has 0 radical (unpaired) electrons. The predicted molar refractivity (Wildman–Crippen MR) is 125 cm³/mol. The van der Waals surface area contributed by atoms with E-state index in [9.17, 15) is 0 Å². The average Bonchev–Trinajstić information content (AvgIpc) is 3.10. The molecule has 0 aliphatic heterocycles. The van der Waals surface area contributed by atoms with Crippen LogP contribution in [0.4, 0.5) is 0 Å². The quantitative estimate of drug-likeness (QED) is 0.290. The third-order valence-corrected chi connectivity index (χ3v) is 6.97. The molecule has 1 aliphatic rings. The molecule has 2 heteroatoms. The van der Waals surface area contributed by atoms with Crippen LogP contribution >= 0.6 is 0 Å². The highest BCUT2D eigenvalue weighted by atomic mass is 16.3. The number of rotatable bonds is 1. The van der Waals surface area contributed by atoms with Crippen molar-refractivity contribution in [2.75, 3.05) is 0 Å². The number of hydrogen-bond acceptors (Lipinski definition) is 2. The van der Waals surface area contributed by atoms with Crippen molar-refractivity contribution < 1.29 is 4.42 Å². The molecule has 0 atom stereocenters. The highest BCUT2D eigenvalue weighted by molar-refractivity contribution is 6.17. The summed E-state index contributed by atoms with van der Waals surface area (Å²) in [6.07, 6.45) is 2.02. The monoisotopic (exact) mass is 391 g/mol. The number of furan rings is 1. The van der Waals surface area contributed by atoms with Gasteiger partial charge in [0, 0.05) is 33.3 Å².